The minimum absolute atomic E-state index is 0.207. The van der Waals surface area contributed by atoms with Gasteiger partial charge in [-0.05, 0) is 24.6 Å². The number of hydrogen-bond acceptors (Lipinski definition) is 5. The molecule has 1 amide bonds. The van der Waals surface area contributed by atoms with E-state index in [9.17, 15) is 4.79 Å². The fourth-order valence-electron chi connectivity index (χ4n) is 2.18. The normalized spacial score (nSPS) is 10.7. The zero-order valence-electron chi connectivity index (χ0n) is 13.9. The fourth-order valence-corrected chi connectivity index (χ4v) is 3.42. The Balaban J connectivity index is 1.44. The van der Waals surface area contributed by atoms with Crippen LogP contribution >= 0.6 is 34.5 Å². The molecule has 136 valence electrons. The van der Waals surface area contributed by atoms with Crippen LogP contribution in [0.15, 0.2) is 36.0 Å². The van der Waals surface area contributed by atoms with Crippen LogP contribution in [0.4, 0.5) is 0 Å². The summed E-state index contributed by atoms with van der Waals surface area (Å²) in [6, 6.07) is 5.06. The van der Waals surface area contributed by atoms with Gasteiger partial charge in [-0.15, -0.1) is 11.3 Å². The van der Waals surface area contributed by atoms with Crippen molar-refractivity contribution in [1.82, 2.24) is 20.1 Å². The average molecular weight is 411 g/mol. The molecule has 0 aliphatic heterocycles. The van der Waals surface area contributed by atoms with E-state index in [1.807, 2.05) is 13.2 Å². The summed E-state index contributed by atoms with van der Waals surface area (Å²) in [7, 11) is 1.84. The van der Waals surface area contributed by atoms with Crippen molar-refractivity contribution in [3.63, 3.8) is 0 Å². The van der Waals surface area contributed by atoms with Gasteiger partial charge in [-0.2, -0.15) is 5.10 Å². The molecule has 0 saturated heterocycles. The van der Waals surface area contributed by atoms with E-state index in [1.54, 1.807) is 34.5 Å². The number of nitrogens with zero attached hydrogens (tertiary/aromatic N) is 3. The van der Waals surface area contributed by atoms with Crippen LogP contribution in [-0.2, 0) is 7.05 Å². The molecule has 0 fully saturated rings. The number of rotatable bonds is 7. The molecule has 0 saturated carbocycles. The summed E-state index contributed by atoms with van der Waals surface area (Å²) in [5, 5.41) is 10.5. The first-order chi connectivity index (χ1) is 12.5. The topological polar surface area (TPSA) is 69.0 Å². The molecule has 0 aliphatic rings. The third-order valence-electron chi connectivity index (χ3n) is 3.45. The number of benzene rings is 1. The van der Waals surface area contributed by atoms with Crippen LogP contribution in [0.25, 0.3) is 10.6 Å². The third kappa shape index (κ3) is 4.75. The quantitative estimate of drug-likeness (QED) is 0.596. The van der Waals surface area contributed by atoms with Gasteiger partial charge in [0.2, 0.25) is 0 Å². The van der Waals surface area contributed by atoms with Gasteiger partial charge in [0.05, 0.1) is 17.8 Å². The van der Waals surface area contributed by atoms with Gasteiger partial charge in [0.1, 0.15) is 16.5 Å². The van der Waals surface area contributed by atoms with Crippen molar-refractivity contribution in [1.29, 1.82) is 0 Å². The van der Waals surface area contributed by atoms with Gasteiger partial charge < -0.3 is 10.1 Å². The van der Waals surface area contributed by atoms with Crippen LogP contribution < -0.4 is 10.1 Å². The zero-order valence-corrected chi connectivity index (χ0v) is 16.2. The van der Waals surface area contributed by atoms with Crippen LogP contribution in [0, 0.1) is 0 Å². The maximum atomic E-state index is 12.2. The van der Waals surface area contributed by atoms with E-state index in [0.717, 1.165) is 10.6 Å². The number of ether oxygens (including phenoxy) is 1. The molecular weight excluding hydrogens is 395 g/mol. The highest BCUT2D eigenvalue weighted by Gasteiger charge is 2.12. The Morgan fingerprint density at radius 2 is 2.23 bits per heavy atom. The molecule has 0 aliphatic carbocycles. The zero-order chi connectivity index (χ0) is 18.5. The van der Waals surface area contributed by atoms with E-state index >= 15 is 0 Å². The molecule has 0 spiro atoms. The van der Waals surface area contributed by atoms with Crippen molar-refractivity contribution < 1.29 is 9.53 Å². The molecule has 2 aromatic heterocycles. The van der Waals surface area contributed by atoms with Crippen molar-refractivity contribution in [2.24, 2.45) is 7.05 Å². The summed E-state index contributed by atoms with van der Waals surface area (Å²) in [5.74, 6) is 0.365. The average Bonchev–Trinajstić information content (AvgIpc) is 3.25. The van der Waals surface area contributed by atoms with Gasteiger partial charge >= 0.3 is 0 Å². The minimum Gasteiger partial charge on any atom is -0.492 e. The molecule has 3 aromatic rings. The van der Waals surface area contributed by atoms with Gasteiger partial charge in [0, 0.05) is 35.8 Å². The lowest BCUT2D eigenvalue weighted by atomic mass is 10.3. The maximum Gasteiger partial charge on any atom is 0.270 e. The molecule has 26 heavy (non-hydrogen) atoms. The largest absolute Gasteiger partial charge is 0.492 e. The maximum absolute atomic E-state index is 12.2. The lowest BCUT2D eigenvalue weighted by Gasteiger charge is -2.08. The van der Waals surface area contributed by atoms with Crippen LogP contribution in [-0.4, -0.2) is 33.8 Å². The van der Waals surface area contributed by atoms with Crippen molar-refractivity contribution in [2.45, 2.75) is 6.42 Å². The van der Waals surface area contributed by atoms with Gasteiger partial charge in [0.25, 0.3) is 5.91 Å². The van der Waals surface area contributed by atoms with Crippen LogP contribution in [0.3, 0.4) is 0 Å². The van der Waals surface area contributed by atoms with E-state index < -0.39 is 0 Å². The first kappa shape index (κ1) is 18.7. The van der Waals surface area contributed by atoms with Crippen molar-refractivity contribution in [3.05, 3.63) is 51.7 Å². The van der Waals surface area contributed by atoms with Gasteiger partial charge in [-0.3, -0.25) is 9.48 Å². The monoisotopic (exact) mass is 410 g/mol. The Morgan fingerprint density at radius 3 is 2.96 bits per heavy atom. The second kappa shape index (κ2) is 8.53. The van der Waals surface area contributed by atoms with E-state index in [-0.39, 0.29) is 5.91 Å². The van der Waals surface area contributed by atoms with E-state index in [0.29, 0.717) is 41.1 Å². The fraction of sp³-hybridized carbons (Fsp3) is 0.235. The predicted molar refractivity (Wildman–Crippen MR) is 103 cm³/mol. The summed E-state index contributed by atoms with van der Waals surface area (Å²) in [6.07, 6.45) is 4.23. The minimum atomic E-state index is -0.207. The molecule has 9 heteroatoms. The number of nitrogens with one attached hydrogen (secondary N) is 1. The first-order valence-electron chi connectivity index (χ1n) is 7.83. The van der Waals surface area contributed by atoms with Crippen LogP contribution in [0.1, 0.15) is 16.9 Å². The molecule has 3 rings (SSSR count). The van der Waals surface area contributed by atoms with Gasteiger partial charge in [-0.25, -0.2) is 4.98 Å². The van der Waals surface area contributed by atoms with Crippen molar-refractivity contribution in [2.75, 3.05) is 13.2 Å². The molecule has 0 bridgehead atoms. The number of halogens is 2. The Morgan fingerprint density at radius 1 is 1.38 bits per heavy atom. The number of thiazole rings is 1. The Hall–Kier alpha value is -2.09. The highest BCUT2D eigenvalue weighted by molar-refractivity contribution is 7.13. The number of carbonyl (C=O) groups is 1. The number of hydrogen-bond donors (Lipinski definition) is 1. The number of carbonyl (C=O) groups excluding carboxylic acids is 1. The van der Waals surface area contributed by atoms with Crippen LogP contribution in [0.2, 0.25) is 10.0 Å². The summed E-state index contributed by atoms with van der Waals surface area (Å²) in [4.78, 5) is 16.5. The molecule has 0 atom stereocenters. The summed E-state index contributed by atoms with van der Waals surface area (Å²) in [6.45, 7) is 0.906. The Kier molecular flexibility index (Phi) is 6.13. The molecule has 6 nitrogen and oxygen atoms in total. The van der Waals surface area contributed by atoms with E-state index in [2.05, 4.69) is 15.4 Å². The molecule has 0 unspecified atom stereocenters. The van der Waals surface area contributed by atoms with Crippen LogP contribution in [0.5, 0.6) is 5.75 Å². The standard InChI is InChI=1S/C17H16Cl2N4O2S/c1-23-9-11(8-21-23)17-22-14(10-26-17)16(24)20-5-2-6-25-15-4-3-12(18)7-13(15)19/h3-4,7-10H,2,5-6H2,1H3,(H,20,24). The summed E-state index contributed by atoms with van der Waals surface area (Å²) >= 11 is 13.3. The molecule has 1 N–H and O–H groups in total. The number of aryl methyl sites for hydroxylation is 1. The molecule has 1 aromatic carbocycles. The number of aromatic nitrogens is 3. The van der Waals surface area contributed by atoms with E-state index in [1.165, 1.54) is 11.3 Å². The second-order valence-electron chi connectivity index (χ2n) is 5.47. The molecule has 2 heterocycles. The highest BCUT2D eigenvalue weighted by atomic mass is 35.5. The summed E-state index contributed by atoms with van der Waals surface area (Å²) in [5.41, 5.74) is 1.29. The molecular formula is C17H16Cl2N4O2S. The van der Waals surface area contributed by atoms with E-state index in [4.69, 9.17) is 27.9 Å². The Bertz CT molecular complexity index is 910. The number of amides is 1. The third-order valence-corrected chi connectivity index (χ3v) is 4.87. The smallest absolute Gasteiger partial charge is 0.270 e. The SMILES string of the molecule is Cn1cc(-c2nc(C(=O)NCCCOc3ccc(Cl)cc3Cl)cs2)cn1. The lowest BCUT2D eigenvalue weighted by molar-refractivity contribution is 0.0947. The summed E-state index contributed by atoms with van der Waals surface area (Å²) < 4.78 is 7.28. The van der Waals surface area contributed by atoms with Crippen molar-refractivity contribution >= 4 is 40.4 Å². The second-order valence-corrected chi connectivity index (χ2v) is 7.17. The van der Waals surface area contributed by atoms with Gasteiger partial charge in [0.15, 0.2) is 0 Å². The predicted octanol–water partition coefficient (Wildman–Crippen LogP) is 4.05. The van der Waals surface area contributed by atoms with Gasteiger partial charge in [-0.1, -0.05) is 23.2 Å². The van der Waals surface area contributed by atoms with Crippen molar-refractivity contribution in [3.8, 4) is 16.3 Å². The highest BCUT2D eigenvalue weighted by Crippen LogP contribution is 2.27. The first-order valence-corrected chi connectivity index (χ1v) is 9.47. The Labute approximate surface area is 164 Å². The lowest BCUT2D eigenvalue weighted by Crippen LogP contribution is -2.25. The molecule has 0 radical (unpaired) electrons.